The van der Waals surface area contributed by atoms with E-state index in [1.165, 1.54) is 5.56 Å². The van der Waals surface area contributed by atoms with Gasteiger partial charge in [0.05, 0.1) is 11.7 Å². The molecule has 2 nitrogen and oxygen atoms in total. The van der Waals surface area contributed by atoms with Gasteiger partial charge in [-0.15, -0.1) is 0 Å². The lowest BCUT2D eigenvalue weighted by Gasteiger charge is -2.39. The van der Waals surface area contributed by atoms with Crippen LogP contribution in [0.3, 0.4) is 0 Å². The molecular formula is C18H28O2. The Balaban J connectivity index is 2.06. The first-order chi connectivity index (χ1) is 9.40. The van der Waals surface area contributed by atoms with Crippen LogP contribution in [0.15, 0.2) is 30.3 Å². The minimum absolute atomic E-state index is 0.200. The molecule has 1 fully saturated rings. The fourth-order valence-electron chi connectivity index (χ4n) is 3.26. The van der Waals surface area contributed by atoms with Gasteiger partial charge in [-0.05, 0) is 55.9 Å². The highest BCUT2D eigenvalue weighted by molar-refractivity contribution is 5.20. The summed E-state index contributed by atoms with van der Waals surface area (Å²) in [5.41, 5.74) is 0.679. The van der Waals surface area contributed by atoms with Crippen LogP contribution in [0.5, 0.6) is 0 Å². The van der Waals surface area contributed by atoms with Crippen molar-refractivity contribution in [1.82, 2.24) is 0 Å². The van der Waals surface area contributed by atoms with Gasteiger partial charge in [-0.1, -0.05) is 44.2 Å². The molecule has 0 saturated heterocycles. The third-order valence-corrected chi connectivity index (χ3v) is 5.13. The SMILES string of the molecule is CC(C)C(C)(O)CC1CC(c2ccccc2)CCC1O. The molecule has 2 rings (SSSR count). The summed E-state index contributed by atoms with van der Waals surface area (Å²) in [6.45, 7) is 5.99. The molecule has 0 aromatic heterocycles. The van der Waals surface area contributed by atoms with Gasteiger partial charge in [0.1, 0.15) is 0 Å². The van der Waals surface area contributed by atoms with E-state index in [9.17, 15) is 10.2 Å². The van der Waals surface area contributed by atoms with Crippen LogP contribution in [0.1, 0.15) is 57.9 Å². The Labute approximate surface area is 122 Å². The van der Waals surface area contributed by atoms with E-state index in [0.29, 0.717) is 12.3 Å². The Morgan fingerprint density at radius 2 is 1.85 bits per heavy atom. The molecule has 1 aliphatic rings. The summed E-state index contributed by atoms with van der Waals surface area (Å²) in [6.07, 6.45) is 3.30. The first-order valence-corrected chi connectivity index (χ1v) is 7.85. The first-order valence-electron chi connectivity index (χ1n) is 7.85. The van der Waals surface area contributed by atoms with E-state index >= 15 is 0 Å². The smallest absolute Gasteiger partial charge is 0.0646 e. The maximum atomic E-state index is 10.5. The predicted molar refractivity (Wildman–Crippen MR) is 82.6 cm³/mol. The highest BCUT2D eigenvalue weighted by Crippen LogP contribution is 2.40. The van der Waals surface area contributed by atoms with Crippen molar-refractivity contribution in [1.29, 1.82) is 0 Å². The average molecular weight is 276 g/mol. The molecule has 2 heteroatoms. The van der Waals surface area contributed by atoms with E-state index < -0.39 is 5.60 Å². The number of hydrogen-bond acceptors (Lipinski definition) is 2. The van der Waals surface area contributed by atoms with Gasteiger partial charge in [-0.2, -0.15) is 0 Å². The second-order valence-electron chi connectivity index (χ2n) is 6.96. The second kappa shape index (κ2) is 6.28. The fraction of sp³-hybridized carbons (Fsp3) is 0.667. The Kier molecular flexibility index (Phi) is 4.87. The summed E-state index contributed by atoms with van der Waals surface area (Å²) in [5.74, 6) is 0.936. The van der Waals surface area contributed by atoms with Crippen molar-refractivity contribution >= 4 is 0 Å². The lowest BCUT2D eigenvalue weighted by molar-refractivity contribution is -0.0437. The van der Waals surface area contributed by atoms with Crippen molar-refractivity contribution in [3.05, 3.63) is 35.9 Å². The van der Waals surface area contributed by atoms with E-state index in [1.54, 1.807) is 0 Å². The molecule has 1 aliphatic carbocycles. The van der Waals surface area contributed by atoms with Gasteiger partial charge in [0.15, 0.2) is 0 Å². The standard InChI is InChI=1S/C18H28O2/c1-13(2)18(3,20)12-16-11-15(9-10-17(16)19)14-7-5-4-6-8-14/h4-8,13,15-17,19-20H,9-12H2,1-3H3. The monoisotopic (exact) mass is 276 g/mol. The fourth-order valence-corrected chi connectivity index (χ4v) is 3.26. The maximum absolute atomic E-state index is 10.5. The van der Waals surface area contributed by atoms with Crippen molar-refractivity contribution in [3.63, 3.8) is 0 Å². The molecule has 4 unspecified atom stereocenters. The highest BCUT2D eigenvalue weighted by Gasteiger charge is 2.36. The number of benzene rings is 1. The van der Waals surface area contributed by atoms with Crippen LogP contribution in [0.4, 0.5) is 0 Å². The quantitative estimate of drug-likeness (QED) is 0.879. The zero-order valence-electron chi connectivity index (χ0n) is 12.9. The number of hydrogen-bond donors (Lipinski definition) is 2. The lowest BCUT2D eigenvalue weighted by atomic mass is 9.71. The predicted octanol–water partition coefficient (Wildman–Crippen LogP) is 3.73. The van der Waals surface area contributed by atoms with E-state index in [2.05, 4.69) is 24.3 Å². The van der Waals surface area contributed by atoms with Gasteiger partial charge in [0.25, 0.3) is 0 Å². The molecule has 1 saturated carbocycles. The van der Waals surface area contributed by atoms with Crippen molar-refractivity contribution in [2.75, 3.05) is 0 Å². The van der Waals surface area contributed by atoms with Crippen molar-refractivity contribution < 1.29 is 10.2 Å². The summed E-state index contributed by atoms with van der Waals surface area (Å²) in [6, 6.07) is 10.6. The van der Waals surface area contributed by atoms with Crippen molar-refractivity contribution in [2.24, 2.45) is 11.8 Å². The minimum atomic E-state index is -0.690. The van der Waals surface area contributed by atoms with Crippen LogP contribution in [0.2, 0.25) is 0 Å². The van der Waals surface area contributed by atoms with Gasteiger partial charge in [0, 0.05) is 0 Å². The van der Waals surface area contributed by atoms with E-state index in [4.69, 9.17) is 0 Å². The summed E-state index contributed by atoms with van der Waals surface area (Å²) >= 11 is 0. The van der Waals surface area contributed by atoms with Crippen LogP contribution in [0, 0.1) is 11.8 Å². The molecule has 1 aromatic carbocycles. The Bertz CT molecular complexity index is 411. The number of rotatable bonds is 4. The van der Waals surface area contributed by atoms with Crippen LogP contribution in [-0.4, -0.2) is 21.9 Å². The van der Waals surface area contributed by atoms with Gasteiger partial charge < -0.3 is 10.2 Å². The Hall–Kier alpha value is -0.860. The van der Waals surface area contributed by atoms with Crippen LogP contribution in [0.25, 0.3) is 0 Å². The number of aliphatic hydroxyl groups is 2. The largest absolute Gasteiger partial charge is 0.393 e. The Morgan fingerprint density at radius 1 is 1.20 bits per heavy atom. The molecular weight excluding hydrogens is 248 g/mol. The second-order valence-corrected chi connectivity index (χ2v) is 6.96. The van der Waals surface area contributed by atoms with Gasteiger partial charge in [-0.25, -0.2) is 0 Å². The topological polar surface area (TPSA) is 40.5 Å². The zero-order chi connectivity index (χ0) is 14.8. The molecule has 112 valence electrons. The third kappa shape index (κ3) is 3.62. The third-order valence-electron chi connectivity index (χ3n) is 5.13. The maximum Gasteiger partial charge on any atom is 0.0646 e. The van der Waals surface area contributed by atoms with Gasteiger partial charge >= 0.3 is 0 Å². The van der Waals surface area contributed by atoms with Crippen LogP contribution >= 0.6 is 0 Å². The molecule has 0 bridgehead atoms. The van der Waals surface area contributed by atoms with Crippen molar-refractivity contribution in [3.8, 4) is 0 Å². The summed E-state index contributed by atoms with van der Waals surface area (Å²) in [4.78, 5) is 0. The van der Waals surface area contributed by atoms with Crippen LogP contribution in [-0.2, 0) is 0 Å². The highest BCUT2D eigenvalue weighted by atomic mass is 16.3. The Morgan fingerprint density at radius 3 is 2.45 bits per heavy atom. The zero-order valence-corrected chi connectivity index (χ0v) is 12.9. The van der Waals surface area contributed by atoms with E-state index in [1.807, 2.05) is 26.8 Å². The molecule has 0 heterocycles. The molecule has 20 heavy (non-hydrogen) atoms. The molecule has 0 aliphatic heterocycles. The normalized spacial score (nSPS) is 30.2. The molecule has 4 atom stereocenters. The van der Waals surface area contributed by atoms with Gasteiger partial charge in [0.2, 0.25) is 0 Å². The molecule has 1 aromatic rings. The average Bonchev–Trinajstić information content (AvgIpc) is 2.42. The minimum Gasteiger partial charge on any atom is -0.393 e. The van der Waals surface area contributed by atoms with E-state index in [0.717, 1.165) is 19.3 Å². The van der Waals surface area contributed by atoms with Crippen molar-refractivity contribution in [2.45, 2.75) is 64.1 Å². The van der Waals surface area contributed by atoms with Gasteiger partial charge in [-0.3, -0.25) is 0 Å². The first kappa shape index (κ1) is 15.5. The van der Waals surface area contributed by atoms with E-state index in [-0.39, 0.29) is 17.9 Å². The molecule has 2 N–H and O–H groups in total. The molecule has 0 amide bonds. The summed E-state index contributed by atoms with van der Waals surface area (Å²) in [7, 11) is 0. The lowest BCUT2D eigenvalue weighted by Crippen LogP contribution is -2.39. The van der Waals surface area contributed by atoms with Crippen LogP contribution < -0.4 is 0 Å². The molecule has 0 radical (unpaired) electrons. The molecule has 0 spiro atoms. The number of aliphatic hydroxyl groups excluding tert-OH is 1. The summed E-state index contributed by atoms with van der Waals surface area (Å²) < 4.78 is 0. The summed E-state index contributed by atoms with van der Waals surface area (Å²) in [5, 5.41) is 20.8.